The molecule has 0 saturated carbocycles. The Morgan fingerprint density at radius 3 is 2.48 bits per heavy atom. The second-order valence-electron chi connectivity index (χ2n) is 9.95. The highest BCUT2D eigenvalue weighted by atomic mass is 35.5. The van der Waals surface area contributed by atoms with Crippen molar-refractivity contribution in [1.82, 2.24) is 4.57 Å². The van der Waals surface area contributed by atoms with Gasteiger partial charge in [0.2, 0.25) is 0 Å². The van der Waals surface area contributed by atoms with Gasteiger partial charge in [0.1, 0.15) is 12.4 Å². The lowest BCUT2D eigenvalue weighted by Crippen LogP contribution is -2.40. The summed E-state index contributed by atoms with van der Waals surface area (Å²) in [7, 11) is 0. The first-order valence-electron chi connectivity index (χ1n) is 13.1. The Balaban J connectivity index is 1.46. The summed E-state index contributed by atoms with van der Waals surface area (Å²) in [6.07, 6.45) is 1.43. The van der Waals surface area contributed by atoms with Gasteiger partial charge < -0.3 is 14.6 Å². The van der Waals surface area contributed by atoms with Crippen molar-refractivity contribution < 1.29 is 24.2 Å². The fourth-order valence-electron chi connectivity index (χ4n) is 4.59. The maximum absolute atomic E-state index is 13.8. The topological polar surface area (TPSA) is 107 Å². The molecule has 3 aromatic carbocycles. The Morgan fingerprint density at radius 2 is 1.81 bits per heavy atom. The number of thiazole rings is 1. The van der Waals surface area contributed by atoms with Gasteiger partial charge in [-0.2, -0.15) is 0 Å². The van der Waals surface area contributed by atoms with Crippen molar-refractivity contribution in [3.63, 3.8) is 0 Å². The third kappa shape index (κ3) is 6.22. The van der Waals surface area contributed by atoms with E-state index in [1.165, 1.54) is 22.0 Å². The predicted molar refractivity (Wildman–Crippen MR) is 161 cm³/mol. The lowest BCUT2D eigenvalue weighted by Gasteiger charge is -2.25. The van der Waals surface area contributed by atoms with Crippen molar-refractivity contribution in [2.24, 2.45) is 4.99 Å². The number of esters is 1. The number of allylic oxidation sites excluding steroid dienone is 1. The molecule has 4 aromatic rings. The highest BCUT2D eigenvalue weighted by Gasteiger charge is 2.33. The van der Waals surface area contributed by atoms with Gasteiger partial charge in [0.05, 0.1) is 33.5 Å². The molecule has 10 heteroatoms. The lowest BCUT2D eigenvalue weighted by atomic mass is 9.96. The first-order valence-corrected chi connectivity index (χ1v) is 14.3. The van der Waals surface area contributed by atoms with Crippen LogP contribution in [0.1, 0.15) is 53.9 Å². The van der Waals surface area contributed by atoms with Crippen LogP contribution in [0, 0.1) is 0 Å². The average molecular weight is 603 g/mol. The Hall–Kier alpha value is -4.47. The van der Waals surface area contributed by atoms with Crippen LogP contribution in [0.4, 0.5) is 0 Å². The summed E-state index contributed by atoms with van der Waals surface area (Å²) < 4.78 is 13.3. The molecule has 0 fully saturated rings. The molecular weight excluding hydrogens is 576 g/mol. The quantitative estimate of drug-likeness (QED) is 0.281. The molecule has 8 nitrogen and oxygen atoms in total. The lowest BCUT2D eigenvalue weighted by molar-refractivity contribution is -0.143. The van der Waals surface area contributed by atoms with Gasteiger partial charge in [0.15, 0.2) is 4.80 Å². The summed E-state index contributed by atoms with van der Waals surface area (Å²) in [5.74, 6) is -0.917. The summed E-state index contributed by atoms with van der Waals surface area (Å²) in [6.45, 7) is 5.50. The van der Waals surface area contributed by atoms with E-state index in [0.717, 1.165) is 11.1 Å². The molecular formula is C32H27ClN2O6S. The molecule has 0 spiro atoms. The summed E-state index contributed by atoms with van der Waals surface area (Å²) in [5, 5.41) is 9.72. The normalized spacial score (nSPS) is 14.9. The van der Waals surface area contributed by atoms with Gasteiger partial charge >= 0.3 is 11.9 Å². The highest BCUT2D eigenvalue weighted by molar-refractivity contribution is 7.07. The molecule has 0 saturated heterocycles. The molecule has 214 valence electrons. The van der Waals surface area contributed by atoms with E-state index in [4.69, 9.17) is 21.1 Å². The Labute approximate surface area is 250 Å². The number of nitrogens with zero attached hydrogens (tertiary/aromatic N) is 2. The molecule has 1 aliphatic rings. The van der Waals surface area contributed by atoms with Gasteiger partial charge in [0.25, 0.3) is 5.56 Å². The molecule has 0 bridgehead atoms. The summed E-state index contributed by atoms with van der Waals surface area (Å²) >= 11 is 7.37. The maximum atomic E-state index is 13.8. The number of carbonyl (C=O) groups excluding carboxylic acids is 1. The molecule has 42 heavy (non-hydrogen) atoms. The SMILES string of the molecule is CC1=C(C(=O)OC(C)C)[C@@H](c2ccc(Cl)cc2)n2c(s/c(=C\c3ccc(OCc4cccc(C(=O)O)c4)cc3)c2=O)=N1. The predicted octanol–water partition coefficient (Wildman–Crippen LogP) is 5.12. The number of rotatable bonds is 8. The Morgan fingerprint density at radius 1 is 1.10 bits per heavy atom. The number of ether oxygens (including phenoxy) is 2. The molecule has 1 N–H and O–H groups in total. The first kappa shape index (κ1) is 29.0. The van der Waals surface area contributed by atoms with Gasteiger partial charge in [-0.15, -0.1) is 0 Å². The fourth-order valence-corrected chi connectivity index (χ4v) is 5.77. The molecule has 2 heterocycles. The number of carboxylic acids is 1. The number of benzene rings is 3. The number of aromatic carboxylic acids is 1. The average Bonchev–Trinajstić information content (AvgIpc) is 3.26. The maximum Gasteiger partial charge on any atom is 0.338 e. The van der Waals surface area contributed by atoms with Crippen LogP contribution in [-0.4, -0.2) is 27.7 Å². The van der Waals surface area contributed by atoms with Crippen molar-refractivity contribution in [1.29, 1.82) is 0 Å². The Kier molecular flexibility index (Phi) is 8.42. The van der Waals surface area contributed by atoms with E-state index >= 15 is 0 Å². The van der Waals surface area contributed by atoms with Crippen molar-refractivity contribution >= 4 is 41.0 Å². The first-order chi connectivity index (χ1) is 20.1. The fraction of sp³-hybridized carbons (Fsp3) is 0.188. The van der Waals surface area contributed by atoms with Gasteiger partial charge in [-0.1, -0.05) is 59.3 Å². The van der Waals surface area contributed by atoms with E-state index in [1.807, 2.05) is 12.1 Å². The molecule has 1 aromatic heterocycles. The zero-order valence-corrected chi connectivity index (χ0v) is 24.6. The number of hydrogen-bond acceptors (Lipinski definition) is 7. The van der Waals surface area contributed by atoms with E-state index in [-0.39, 0.29) is 23.8 Å². The van der Waals surface area contributed by atoms with Crippen LogP contribution in [0.25, 0.3) is 6.08 Å². The third-order valence-electron chi connectivity index (χ3n) is 6.53. The van der Waals surface area contributed by atoms with Gasteiger partial charge in [0, 0.05) is 5.02 Å². The smallest absolute Gasteiger partial charge is 0.338 e. The molecule has 0 aliphatic carbocycles. The summed E-state index contributed by atoms with van der Waals surface area (Å²) in [4.78, 5) is 43.3. The molecule has 5 rings (SSSR count). The molecule has 1 atom stereocenters. The van der Waals surface area contributed by atoms with E-state index in [0.29, 0.717) is 36.9 Å². The van der Waals surface area contributed by atoms with Crippen LogP contribution in [0.3, 0.4) is 0 Å². The van der Waals surface area contributed by atoms with E-state index in [1.54, 1.807) is 81.4 Å². The minimum absolute atomic E-state index is 0.199. The van der Waals surface area contributed by atoms with Crippen LogP contribution in [0.2, 0.25) is 5.02 Å². The number of halogens is 1. The molecule has 0 radical (unpaired) electrons. The number of hydrogen-bond donors (Lipinski definition) is 1. The van der Waals surface area contributed by atoms with Crippen molar-refractivity contribution in [2.75, 3.05) is 0 Å². The van der Waals surface area contributed by atoms with Crippen LogP contribution in [-0.2, 0) is 16.1 Å². The summed E-state index contributed by atoms with van der Waals surface area (Å²) in [6, 6.07) is 20.1. The number of carbonyl (C=O) groups is 2. The van der Waals surface area contributed by atoms with E-state index in [2.05, 4.69) is 4.99 Å². The van der Waals surface area contributed by atoms with E-state index in [9.17, 15) is 19.5 Å². The zero-order valence-electron chi connectivity index (χ0n) is 23.0. The monoisotopic (exact) mass is 602 g/mol. The second-order valence-corrected chi connectivity index (χ2v) is 11.4. The van der Waals surface area contributed by atoms with Crippen molar-refractivity contribution in [3.8, 4) is 5.75 Å². The molecule has 0 unspecified atom stereocenters. The van der Waals surface area contributed by atoms with Crippen LogP contribution >= 0.6 is 22.9 Å². The minimum atomic E-state index is -0.993. The number of carboxylic acid groups (broad SMARTS) is 1. The van der Waals surface area contributed by atoms with Crippen LogP contribution < -0.4 is 19.6 Å². The summed E-state index contributed by atoms with van der Waals surface area (Å²) in [5.41, 5.74) is 2.95. The van der Waals surface area contributed by atoms with Crippen LogP contribution in [0.15, 0.2) is 93.9 Å². The largest absolute Gasteiger partial charge is 0.489 e. The second kappa shape index (κ2) is 12.2. The number of fused-ring (bicyclic) bond motifs is 1. The molecule has 1 aliphatic heterocycles. The highest BCUT2D eigenvalue weighted by Crippen LogP contribution is 2.31. The zero-order chi connectivity index (χ0) is 30.0. The Bertz CT molecular complexity index is 1870. The minimum Gasteiger partial charge on any atom is -0.489 e. The number of aromatic nitrogens is 1. The van der Waals surface area contributed by atoms with Gasteiger partial charge in [-0.3, -0.25) is 9.36 Å². The molecule has 0 amide bonds. The standard InChI is InChI=1S/C32H27ClN2O6S/c1-18(2)41-31(39)27-19(3)34-32-35(28(27)22-9-11-24(33)12-10-22)29(36)26(42-32)16-20-7-13-25(14-8-20)40-17-21-5-4-6-23(15-21)30(37)38/h4-16,18,28H,17H2,1-3H3,(H,37,38)/b26-16-/t28-/m1/s1. The van der Waals surface area contributed by atoms with Crippen molar-refractivity contribution in [2.45, 2.75) is 39.5 Å². The van der Waals surface area contributed by atoms with Gasteiger partial charge in [-0.25, -0.2) is 14.6 Å². The van der Waals surface area contributed by atoms with Gasteiger partial charge in [-0.05, 0) is 79.9 Å². The van der Waals surface area contributed by atoms with E-state index < -0.39 is 18.0 Å². The van der Waals surface area contributed by atoms with Crippen LogP contribution in [0.5, 0.6) is 5.75 Å². The van der Waals surface area contributed by atoms with Crippen molar-refractivity contribution in [3.05, 3.63) is 131 Å². The third-order valence-corrected chi connectivity index (χ3v) is 7.76.